The van der Waals surface area contributed by atoms with Crippen LogP contribution in [-0.4, -0.2) is 37.8 Å². The molecule has 0 spiro atoms. The Morgan fingerprint density at radius 3 is 2.33 bits per heavy atom. The Hall–Kier alpha value is -1.95. The zero-order valence-electron chi connectivity index (χ0n) is 19.3. The highest BCUT2D eigenvalue weighted by atomic mass is 28.4. The molecule has 0 aliphatic heterocycles. The highest BCUT2D eigenvalue weighted by Crippen LogP contribution is 2.38. The highest BCUT2D eigenvalue weighted by Gasteiger charge is 2.39. The van der Waals surface area contributed by atoms with E-state index in [-0.39, 0.29) is 23.7 Å². The second kappa shape index (κ2) is 9.90. The molecule has 1 amide bonds. The predicted octanol–water partition coefficient (Wildman–Crippen LogP) is 5.72. The van der Waals surface area contributed by atoms with Gasteiger partial charge in [-0.25, -0.2) is 14.0 Å². The summed E-state index contributed by atoms with van der Waals surface area (Å²) in [4.78, 5) is 15.3. The summed E-state index contributed by atoms with van der Waals surface area (Å²) < 4.78 is 25.5. The molecule has 0 aromatic heterocycles. The zero-order valence-corrected chi connectivity index (χ0v) is 20.3. The molecule has 30 heavy (non-hydrogen) atoms. The number of halogens is 1. The van der Waals surface area contributed by atoms with Crippen LogP contribution in [-0.2, 0) is 9.16 Å². The number of hydrogen-bond donors (Lipinski definition) is 2. The van der Waals surface area contributed by atoms with Crippen LogP contribution in [0.4, 0.5) is 14.9 Å². The van der Waals surface area contributed by atoms with Gasteiger partial charge in [0.25, 0.3) is 0 Å². The maximum atomic E-state index is 13.8. The number of amides is 1. The van der Waals surface area contributed by atoms with E-state index in [2.05, 4.69) is 44.0 Å². The van der Waals surface area contributed by atoms with Crippen LogP contribution >= 0.6 is 0 Å². The molecule has 1 aromatic rings. The largest absolute Gasteiger partial charge is 0.444 e. The number of rotatable bonds is 7. The predicted molar refractivity (Wildman–Crippen MR) is 119 cm³/mol. The van der Waals surface area contributed by atoms with E-state index in [1.165, 1.54) is 12.1 Å². The molecule has 1 unspecified atom stereocenters. The number of hydrogen-bond acceptors (Lipinski definition) is 4. The van der Waals surface area contributed by atoms with Gasteiger partial charge in [0.2, 0.25) is 0 Å². The minimum absolute atomic E-state index is 0.0712. The van der Waals surface area contributed by atoms with Gasteiger partial charge in [-0.15, -0.1) is 0 Å². The van der Waals surface area contributed by atoms with Crippen LogP contribution in [0.2, 0.25) is 18.1 Å². The number of aliphatic hydroxyl groups is 1. The Kier molecular flexibility index (Phi) is 8.61. The van der Waals surface area contributed by atoms with E-state index in [1.54, 1.807) is 20.8 Å². The fourth-order valence-corrected chi connectivity index (χ4v) is 3.88. The summed E-state index contributed by atoms with van der Waals surface area (Å²) in [5.74, 6) is -0.578. The van der Waals surface area contributed by atoms with Crippen LogP contribution in [0, 0.1) is 12.4 Å². The fraction of sp³-hybridized carbons (Fsp3) is 0.636. The average molecular weight is 439 g/mol. The Morgan fingerprint density at radius 1 is 1.23 bits per heavy atom. The zero-order chi connectivity index (χ0) is 23.3. The normalized spacial score (nSPS) is 14.6. The molecule has 0 aliphatic rings. The molecule has 0 fully saturated rings. The van der Waals surface area contributed by atoms with Crippen molar-refractivity contribution in [3.05, 3.63) is 41.0 Å². The molecule has 2 N–H and O–H groups in total. The first-order valence-corrected chi connectivity index (χ1v) is 13.0. The van der Waals surface area contributed by atoms with Crippen molar-refractivity contribution >= 4 is 20.1 Å². The number of carbonyl (C=O) groups is 1. The summed E-state index contributed by atoms with van der Waals surface area (Å²) in [6.07, 6.45) is -1.98. The standard InChI is InChI=1S/C22H35FN2O4Si/c1-21(2,3)28-20(27)25-14-18(29-30(8,9)22(4,5)6)13-19(26)15-10-16(23)12-17(11-15)24-7/h10-12,18-19,26H,13-14H2,1-6,8-9H3,(H,25,27)/t18-,19?/m1/s1. The summed E-state index contributed by atoms with van der Waals surface area (Å²) in [5, 5.41) is 13.3. The SMILES string of the molecule is [C-]#[N+]c1cc(F)cc(C(O)C[C@H](CNC(=O)OC(C)(C)C)O[Si](C)(C)C(C)(C)C)c1. The summed E-state index contributed by atoms with van der Waals surface area (Å²) in [7, 11) is -2.21. The molecule has 0 heterocycles. The summed E-state index contributed by atoms with van der Waals surface area (Å²) >= 11 is 0. The molecule has 0 aliphatic carbocycles. The van der Waals surface area contributed by atoms with Crippen molar-refractivity contribution in [1.82, 2.24) is 5.32 Å². The van der Waals surface area contributed by atoms with Gasteiger partial charge in [0.05, 0.1) is 18.8 Å². The third kappa shape index (κ3) is 8.42. The first-order valence-electron chi connectivity index (χ1n) is 10.0. The second-order valence-electron chi connectivity index (χ2n) is 9.99. The Morgan fingerprint density at radius 2 is 1.83 bits per heavy atom. The van der Waals surface area contributed by atoms with E-state index in [0.717, 1.165) is 6.07 Å². The Labute approximate surface area is 180 Å². The van der Waals surface area contributed by atoms with Gasteiger partial charge < -0.3 is 19.6 Å². The maximum Gasteiger partial charge on any atom is 0.407 e. The topological polar surface area (TPSA) is 72.2 Å². The van der Waals surface area contributed by atoms with Crippen molar-refractivity contribution in [2.24, 2.45) is 0 Å². The van der Waals surface area contributed by atoms with E-state index in [0.29, 0.717) is 5.56 Å². The lowest BCUT2D eigenvalue weighted by Gasteiger charge is -2.40. The summed E-state index contributed by atoms with van der Waals surface area (Å²) in [6.45, 7) is 23.0. The first-order chi connectivity index (χ1) is 13.5. The fourth-order valence-electron chi connectivity index (χ4n) is 2.52. The average Bonchev–Trinajstić information content (AvgIpc) is 2.56. The molecular formula is C22H35FN2O4Si. The number of nitrogens with zero attached hydrogens (tertiary/aromatic N) is 1. The van der Waals surface area contributed by atoms with E-state index in [1.807, 2.05) is 0 Å². The number of aliphatic hydroxyl groups excluding tert-OH is 1. The minimum Gasteiger partial charge on any atom is -0.444 e. The van der Waals surface area contributed by atoms with Crippen molar-refractivity contribution in [1.29, 1.82) is 0 Å². The molecule has 168 valence electrons. The first kappa shape index (κ1) is 26.1. The maximum absolute atomic E-state index is 13.8. The molecule has 1 rings (SSSR count). The summed E-state index contributed by atoms with van der Waals surface area (Å²) in [6, 6.07) is 3.80. The number of benzene rings is 1. The molecule has 2 atom stereocenters. The number of nitrogens with one attached hydrogen (secondary N) is 1. The molecule has 0 saturated carbocycles. The molecule has 6 nitrogen and oxygen atoms in total. The van der Waals surface area contributed by atoms with Gasteiger partial charge in [0.1, 0.15) is 11.4 Å². The van der Waals surface area contributed by atoms with Gasteiger partial charge >= 0.3 is 6.09 Å². The van der Waals surface area contributed by atoms with Gasteiger partial charge in [-0.3, -0.25) is 0 Å². The molecule has 0 saturated heterocycles. The third-order valence-electron chi connectivity index (χ3n) is 5.05. The van der Waals surface area contributed by atoms with Gasteiger partial charge in [-0.2, -0.15) is 0 Å². The minimum atomic E-state index is -2.21. The molecule has 0 radical (unpaired) electrons. The Balaban J connectivity index is 3.01. The van der Waals surface area contributed by atoms with E-state index in [4.69, 9.17) is 15.7 Å². The quantitative estimate of drug-likeness (QED) is 0.422. The van der Waals surface area contributed by atoms with Gasteiger partial charge in [-0.1, -0.05) is 26.8 Å². The van der Waals surface area contributed by atoms with Crippen LogP contribution in [0.15, 0.2) is 18.2 Å². The van der Waals surface area contributed by atoms with Crippen LogP contribution < -0.4 is 5.32 Å². The van der Waals surface area contributed by atoms with E-state index >= 15 is 0 Å². The lowest BCUT2D eigenvalue weighted by molar-refractivity contribution is 0.0453. The molecular weight excluding hydrogens is 403 g/mol. The summed E-state index contributed by atoms with van der Waals surface area (Å²) in [5.41, 5.74) is -0.197. The smallest absolute Gasteiger partial charge is 0.407 e. The van der Waals surface area contributed by atoms with Crippen LogP contribution in [0.3, 0.4) is 0 Å². The van der Waals surface area contributed by atoms with Crippen molar-refractivity contribution in [2.75, 3.05) is 6.54 Å². The number of ether oxygens (including phenoxy) is 1. The molecule has 0 bridgehead atoms. The highest BCUT2D eigenvalue weighted by molar-refractivity contribution is 6.74. The third-order valence-corrected chi connectivity index (χ3v) is 9.58. The van der Waals surface area contributed by atoms with Gasteiger partial charge in [0.15, 0.2) is 14.0 Å². The van der Waals surface area contributed by atoms with Crippen LogP contribution in [0.5, 0.6) is 0 Å². The molecule has 8 heteroatoms. The van der Waals surface area contributed by atoms with Crippen molar-refractivity contribution in [2.45, 2.75) is 83.9 Å². The lowest BCUT2D eigenvalue weighted by Crippen LogP contribution is -2.47. The van der Waals surface area contributed by atoms with E-state index < -0.39 is 38.0 Å². The number of carbonyl (C=O) groups excluding carboxylic acids is 1. The number of alkyl carbamates (subject to hydrolysis) is 1. The van der Waals surface area contributed by atoms with Crippen molar-refractivity contribution < 1.29 is 23.5 Å². The second-order valence-corrected chi connectivity index (χ2v) is 14.7. The van der Waals surface area contributed by atoms with Gasteiger partial charge in [-0.05, 0) is 56.6 Å². The molecule has 1 aromatic carbocycles. The van der Waals surface area contributed by atoms with Crippen molar-refractivity contribution in [3.8, 4) is 0 Å². The monoisotopic (exact) mass is 438 g/mol. The van der Waals surface area contributed by atoms with E-state index in [9.17, 15) is 14.3 Å². The van der Waals surface area contributed by atoms with Crippen LogP contribution in [0.1, 0.15) is 59.6 Å². The van der Waals surface area contributed by atoms with Crippen molar-refractivity contribution in [3.63, 3.8) is 0 Å². The van der Waals surface area contributed by atoms with Crippen LogP contribution in [0.25, 0.3) is 4.85 Å². The Bertz CT molecular complexity index is 779. The van der Waals surface area contributed by atoms with Gasteiger partial charge in [0, 0.05) is 13.0 Å². The lowest BCUT2D eigenvalue weighted by atomic mass is 10.0.